The van der Waals surface area contributed by atoms with Gasteiger partial charge in [0.1, 0.15) is 0 Å². The summed E-state index contributed by atoms with van der Waals surface area (Å²) >= 11 is 0. The van der Waals surface area contributed by atoms with Gasteiger partial charge in [0.25, 0.3) is 0 Å². The maximum absolute atomic E-state index is 12.7. The standard InChI is InChI=1S/C21H28N2O4S/c1-5-16-7-9-17(10-8-16)20(23(3)4)15-22-28(25,26)19-13-11-18(12-14-19)21(24)27-6-2/h7-14,20,22H,5-6,15H2,1-4H3. The molecule has 0 heterocycles. The molecule has 0 fully saturated rings. The van der Waals surface area contributed by atoms with Crippen LogP contribution in [-0.4, -0.2) is 46.5 Å². The molecule has 0 aliphatic rings. The van der Waals surface area contributed by atoms with Crippen molar-refractivity contribution in [2.75, 3.05) is 27.2 Å². The Hall–Kier alpha value is -2.22. The molecular formula is C21H28N2O4S. The molecule has 1 N–H and O–H groups in total. The molecule has 0 aliphatic carbocycles. The van der Waals surface area contributed by atoms with Crippen molar-refractivity contribution in [3.05, 3.63) is 65.2 Å². The maximum Gasteiger partial charge on any atom is 0.338 e. The van der Waals surface area contributed by atoms with E-state index in [1.54, 1.807) is 6.92 Å². The Morgan fingerprint density at radius 3 is 2.14 bits per heavy atom. The Balaban J connectivity index is 2.12. The summed E-state index contributed by atoms with van der Waals surface area (Å²) in [6, 6.07) is 13.8. The number of likely N-dealkylation sites (N-methyl/N-ethyl adjacent to an activating group) is 1. The molecule has 1 atom stereocenters. The van der Waals surface area contributed by atoms with Crippen LogP contribution in [-0.2, 0) is 21.2 Å². The molecular weight excluding hydrogens is 376 g/mol. The van der Waals surface area contributed by atoms with Gasteiger partial charge in [-0.15, -0.1) is 0 Å². The van der Waals surface area contributed by atoms with E-state index in [1.165, 1.54) is 29.8 Å². The number of hydrogen-bond acceptors (Lipinski definition) is 5. The molecule has 2 aromatic rings. The van der Waals surface area contributed by atoms with Crippen molar-refractivity contribution in [3.8, 4) is 0 Å². The van der Waals surface area contributed by atoms with Crippen LogP contribution in [0.25, 0.3) is 0 Å². The van der Waals surface area contributed by atoms with Crippen LogP contribution >= 0.6 is 0 Å². The minimum absolute atomic E-state index is 0.0977. The molecule has 28 heavy (non-hydrogen) atoms. The molecule has 0 aliphatic heterocycles. The van der Waals surface area contributed by atoms with E-state index in [1.807, 2.05) is 31.1 Å². The van der Waals surface area contributed by atoms with Crippen molar-refractivity contribution in [2.45, 2.75) is 31.2 Å². The third kappa shape index (κ3) is 5.64. The van der Waals surface area contributed by atoms with E-state index in [0.717, 1.165) is 12.0 Å². The number of sulfonamides is 1. The number of hydrogen-bond donors (Lipinski definition) is 1. The minimum atomic E-state index is -3.69. The van der Waals surface area contributed by atoms with Crippen LogP contribution in [0.4, 0.5) is 0 Å². The predicted octanol–water partition coefficient (Wildman–Crippen LogP) is 3.01. The Morgan fingerprint density at radius 2 is 1.64 bits per heavy atom. The molecule has 7 heteroatoms. The second-order valence-corrected chi connectivity index (χ2v) is 8.44. The lowest BCUT2D eigenvalue weighted by atomic mass is 10.0. The first-order chi connectivity index (χ1) is 13.3. The van der Waals surface area contributed by atoms with Gasteiger partial charge in [-0.25, -0.2) is 17.9 Å². The molecule has 152 valence electrons. The minimum Gasteiger partial charge on any atom is -0.462 e. The van der Waals surface area contributed by atoms with Crippen LogP contribution in [0.3, 0.4) is 0 Å². The lowest BCUT2D eigenvalue weighted by Gasteiger charge is -2.25. The zero-order valence-corrected chi connectivity index (χ0v) is 17.6. The van der Waals surface area contributed by atoms with E-state index in [9.17, 15) is 13.2 Å². The first kappa shape index (κ1) is 22.1. The van der Waals surface area contributed by atoms with Crippen LogP contribution in [0.1, 0.15) is 41.4 Å². The second kappa shape index (κ2) is 9.82. The quantitative estimate of drug-likeness (QED) is 0.650. The molecule has 0 spiro atoms. The molecule has 0 bridgehead atoms. The lowest BCUT2D eigenvalue weighted by molar-refractivity contribution is 0.0526. The third-order valence-electron chi connectivity index (χ3n) is 4.54. The number of nitrogens with zero attached hydrogens (tertiary/aromatic N) is 1. The number of carbonyl (C=O) groups excluding carboxylic acids is 1. The van der Waals surface area contributed by atoms with Gasteiger partial charge in [0.2, 0.25) is 10.0 Å². The van der Waals surface area contributed by atoms with Crippen molar-refractivity contribution in [3.63, 3.8) is 0 Å². The Morgan fingerprint density at radius 1 is 1.04 bits per heavy atom. The summed E-state index contributed by atoms with van der Waals surface area (Å²) in [5.41, 5.74) is 2.61. The van der Waals surface area contributed by atoms with Gasteiger partial charge < -0.3 is 9.64 Å². The predicted molar refractivity (Wildman–Crippen MR) is 110 cm³/mol. The van der Waals surface area contributed by atoms with Crippen LogP contribution in [0.15, 0.2) is 53.4 Å². The van der Waals surface area contributed by atoms with Crippen molar-refractivity contribution in [2.24, 2.45) is 0 Å². The highest BCUT2D eigenvalue weighted by Crippen LogP contribution is 2.20. The number of esters is 1. The Kier molecular flexibility index (Phi) is 7.74. The molecule has 0 amide bonds. The van der Waals surface area contributed by atoms with Crippen LogP contribution in [0, 0.1) is 0 Å². The maximum atomic E-state index is 12.7. The van der Waals surface area contributed by atoms with Gasteiger partial charge >= 0.3 is 5.97 Å². The van der Waals surface area contributed by atoms with Gasteiger partial charge in [0.15, 0.2) is 0 Å². The number of aryl methyl sites for hydroxylation is 1. The SMILES string of the molecule is CCOC(=O)c1ccc(S(=O)(=O)NCC(c2ccc(CC)cc2)N(C)C)cc1. The van der Waals surface area contributed by atoms with Gasteiger partial charge in [0, 0.05) is 12.6 Å². The zero-order valence-electron chi connectivity index (χ0n) is 16.8. The van der Waals surface area contributed by atoms with Gasteiger partial charge in [0.05, 0.1) is 17.1 Å². The number of carbonyl (C=O) groups is 1. The Labute approximate surface area is 167 Å². The topological polar surface area (TPSA) is 75.7 Å². The summed E-state index contributed by atoms with van der Waals surface area (Å²) in [7, 11) is 0.142. The van der Waals surface area contributed by atoms with E-state index in [2.05, 4.69) is 23.8 Å². The van der Waals surface area contributed by atoms with E-state index >= 15 is 0 Å². The molecule has 0 radical (unpaired) electrons. The summed E-state index contributed by atoms with van der Waals surface area (Å²) in [5, 5.41) is 0. The zero-order chi connectivity index (χ0) is 20.7. The van der Waals surface area contributed by atoms with Crippen LogP contribution in [0.2, 0.25) is 0 Å². The fraction of sp³-hybridized carbons (Fsp3) is 0.381. The summed E-state index contributed by atoms with van der Waals surface area (Å²) in [6.07, 6.45) is 0.960. The van der Waals surface area contributed by atoms with Crippen molar-refractivity contribution < 1.29 is 17.9 Å². The molecule has 6 nitrogen and oxygen atoms in total. The van der Waals surface area contributed by atoms with E-state index in [0.29, 0.717) is 5.56 Å². The van der Waals surface area contributed by atoms with Crippen molar-refractivity contribution in [1.29, 1.82) is 0 Å². The normalized spacial score (nSPS) is 12.8. The Bertz CT molecular complexity index is 876. The fourth-order valence-corrected chi connectivity index (χ4v) is 3.87. The number of nitrogens with one attached hydrogen (secondary N) is 1. The molecule has 1 unspecified atom stereocenters. The number of benzene rings is 2. The van der Waals surface area contributed by atoms with Crippen molar-refractivity contribution >= 4 is 16.0 Å². The summed E-state index contributed by atoms with van der Waals surface area (Å²) < 4.78 is 32.9. The second-order valence-electron chi connectivity index (χ2n) is 6.67. The highest BCUT2D eigenvalue weighted by molar-refractivity contribution is 7.89. The first-order valence-electron chi connectivity index (χ1n) is 9.30. The number of ether oxygens (including phenoxy) is 1. The van der Waals surface area contributed by atoms with Gasteiger partial charge in [-0.3, -0.25) is 0 Å². The van der Waals surface area contributed by atoms with E-state index in [-0.39, 0.29) is 24.1 Å². The smallest absolute Gasteiger partial charge is 0.338 e. The average molecular weight is 405 g/mol. The fourth-order valence-electron chi connectivity index (χ4n) is 2.83. The molecule has 2 aromatic carbocycles. The molecule has 0 saturated carbocycles. The first-order valence-corrected chi connectivity index (χ1v) is 10.8. The van der Waals surface area contributed by atoms with E-state index in [4.69, 9.17) is 4.74 Å². The van der Waals surface area contributed by atoms with Crippen molar-refractivity contribution in [1.82, 2.24) is 9.62 Å². The lowest BCUT2D eigenvalue weighted by Crippen LogP contribution is -2.34. The highest BCUT2D eigenvalue weighted by atomic mass is 32.2. The van der Waals surface area contributed by atoms with Crippen LogP contribution in [0.5, 0.6) is 0 Å². The highest BCUT2D eigenvalue weighted by Gasteiger charge is 2.20. The number of rotatable bonds is 9. The molecule has 0 saturated heterocycles. The van der Waals surface area contributed by atoms with Gasteiger partial charge in [-0.2, -0.15) is 0 Å². The summed E-state index contributed by atoms with van der Waals surface area (Å²) in [5.74, 6) is -0.470. The molecule has 0 aromatic heterocycles. The monoisotopic (exact) mass is 404 g/mol. The third-order valence-corrected chi connectivity index (χ3v) is 5.98. The van der Waals surface area contributed by atoms with Crippen LogP contribution < -0.4 is 4.72 Å². The summed E-state index contributed by atoms with van der Waals surface area (Å²) in [4.78, 5) is 13.8. The molecule has 2 rings (SSSR count). The average Bonchev–Trinajstić information content (AvgIpc) is 2.68. The van der Waals surface area contributed by atoms with E-state index < -0.39 is 16.0 Å². The van der Waals surface area contributed by atoms with Gasteiger partial charge in [-0.05, 0) is 62.8 Å². The van der Waals surface area contributed by atoms with Gasteiger partial charge in [-0.1, -0.05) is 31.2 Å². The largest absolute Gasteiger partial charge is 0.462 e. The summed E-state index contributed by atoms with van der Waals surface area (Å²) in [6.45, 7) is 4.32.